The van der Waals surface area contributed by atoms with Gasteiger partial charge in [-0.05, 0) is 74.7 Å². The van der Waals surface area contributed by atoms with Crippen molar-refractivity contribution in [3.63, 3.8) is 0 Å². The van der Waals surface area contributed by atoms with E-state index in [0.717, 1.165) is 0 Å². The van der Waals surface area contributed by atoms with Crippen molar-refractivity contribution in [2.24, 2.45) is 0 Å². The first-order valence-corrected chi connectivity index (χ1v) is 8.58. The van der Waals surface area contributed by atoms with Gasteiger partial charge < -0.3 is 10.2 Å². The molecule has 1 N–H and O–H groups in total. The lowest BCUT2D eigenvalue weighted by Gasteiger charge is -2.24. The fourth-order valence-corrected chi connectivity index (χ4v) is 3.84. The van der Waals surface area contributed by atoms with Crippen LogP contribution in [0.2, 0.25) is 0 Å². The zero-order valence-corrected chi connectivity index (χ0v) is 13.2. The lowest BCUT2D eigenvalue weighted by atomic mass is 10.1. The second-order valence-electron chi connectivity index (χ2n) is 6.08. The summed E-state index contributed by atoms with van der Waals surface area (Å²) in [5, 5.41) is 7.27. The van der Waals surface area contributed by atoms with Crippen molar-refractivity contribution in [1.82, 2.24) is 4.90 Å². The number of anilines is 1. The molecule has 1 aromatic carbocycles. The number of hydrogen-bond acceptors (Lipinski definition) is 3. The van der Waals surface area contributed by atoms with Crippen LogP contribution in [0.1, 0.15) is 33.1 Å². The molecule has 0 saturated carbocycles. The Hall–Kier alpha value is -1.06. The van der Waals surface area contributed by atoms with Crippen LogP contribution in [0.25, 0.3) is 10.1 Å². The molecule has 1 aliphatic heterocycles. The molecule has 3 rings (SSSR count). The van der Waals surface area contributed by atoms with Gasteiger partial charge in [-0.1, -0.05) is 0 Å². The summed E-state index contributed by atoms with van der Waals surface area (Å²) in [6, 6.07) is 10.3. The van der Waals surface area contributed by atoms with Crippen LogP contribution in [0, 0.1) is 0 Å². The van der Waals surface area contributed by atoms with E-state index in [4.69, 9.17) is 0 Å². The quantitative estimate of drug-likeness (QED) is 0.889. The molecule has 2 nitrogen and oxygen atoms in total. The molecule has 2 heterocycles. The van der Waals surface area contributed by atoms with Gasteiger partial charge in [0, 0.05) is 29.0 Å². The van der Waals surface area contributed by atoms with E-state index in [0.29, 0.717) is 12.1 Å². The molecule has 1 unspecified atom stereocenters. The minimum absolute atomic E-state index is 0.620. The largest absolute Gasteiger partial charge is 0.382 e. The first-order valence-electron chi connectivity index (χ1n) is 7.70. The molecule has 1 fully saturated rings. The summed E-state index contributed by atoms with van der Waals surface area (Å²) in [4.78, 5) is 2.60. The standard InChI is InChI=1S/C17H24N2S/c1-13(2)19-9-3-4-15(7-10-19)18-16-5-6-17-14(12-16)8-11-20-17/h5-6,8,11-13,15,18H,3-4,7,9-10H2,1-2H3. The van der Waals surface area contributed by atoms with Crippen molar-refractivity contribution in [2.45, 2.75) is 45.2 Å². The van der Waals surface area contributed by atoms with Crippen molar-refractivity contribution < 1.29 is 0 Å². The third-order valence-electron chi connectivity index (χ3n) is 4.32. The van der Waals surface area contributed by atoms with Crippen LogP contribution in [-0.4, -0.2) is 30.1 Å². The molecule has 0 amide bonds. The Balaban J connectivity index is 1.65. The van der Waals surface area contributed by atoms with Crippen LogP contribution < -0.4 is 5.32 Å². The van der Waals surface area contributed by atoms with Crippen molar-refractivity contribution >= 4 is 27.1 Å². The van der Waals surface area contributed by atoms with Gasteiger partial charge in [0.25, 0.3) is 0 Å². The van der Waals surface area contributed by atoms with Gasteiger partial charge in [-0.3, -0.25) is 0 Å². The second-order valence-corrected chi connectivity index (χ2v) is 7.02. The summed E-state index contributed by atoms with van der Waals surface area (Å²) in [5.74, 6) is 0. The maximum atomic E-state index is 3.74. The summed E-state index contributed by atoms with van der Waals surface area (Å²) in [5.41, 5.74) is 1.28. The highest BCUT2D eigenvalue weighted by atomic mass is 32.1. The number of benzene rings is 1. The van der Waals surface area contributed by atoms with E-state index in [2.05, 4.69) is 53.7 Å². The Labute approximate surface area is 125 Å². The van der Waals surface area contributed by atoms with Gasteiger partial charge in [-0.25, -0.2) is 0 Å². The first kappa shape index (κ1) is 13.9. The topological polar surface area (TPSA) is 15.3 Å². The van der Waals surface area contributed by atoms with Crippen LogP contribution >= 0.6 is 11.3 Å². The molecular weight excluding hydrogens is 264 g/mol. The predicted octanol–water partition coefficient (Wildman–Crippen LogP) is 4.58. The first-order chi connectivity index (χ1) is 9.72. The van der Waals surface area contributed by atoms with Gasteiger partial charge in [0.1, 0.15) is 0 Å². The molecule has 0 radical (unpaired) electrons. The highest BCUT2D eigenvalue weighted by molar-refractivity contribution is 7.17. The smallest absolute Gasteiger partial charge is 0.0349 e. The Bertz CT molecular complexity index is 561. The lowest BCUT2D eigenvalue weighted by Crippen LogP contribution is -2.32. The average Bonchev–Trinajstić information content (AvgIpc) is 2.76. The minimum Gasteiger partial charge on any atom is -0.382 e. The molecule has 0 aliphatic carbocycles. The summed E-state index contributed by atoms with van der Waals surface area (Å²) in [7, 11) is 0. The SMILES string of the molecule is CC(C)N1CCCC(Nc2ccc3sccc3c2)CC1. The van der Waals surface area contributed by atoms with Crippen LogP contribution in [0.4, 0.5) is 5.69 Å². The molecule has 1 atom stereocenters. The molecule has 20 heavy (non-hydrogen) atoms. The van der Waals surface area contributed by atoms with Crippen molar-refractivity contribution in [2.75, 3.05) is 18.4 Å². The Morgan fingerprint density at radius 3 is 2.95 bits per heavy atom. The molecule has 1 aliphatic rings. The second kappa shape index (κ2) is 6.15. The number of fused-ring (bicyclic) bond motifs is 1. The van der Waals surface area contributed by atoms with E-state index in [1.807, 2.05) is 11.3 Å². The Kier molecular flexibility index (Phi) is 4.27. The van der Waals surface area contributed by atoms with E-state index < -0.39 is 0 Å². The normalized spacial score (nSPS) is 21.2. The van der Waals surface area contributed by atoms with E-state index >= 15 is 0 Å². The van der Waals surface area contributed by atoms with E-state index in [9.17, 15) is 0 Å². The Morgan fingerprint density at radius 2 is 2.10 bits per heavy atom. The summed E-state index contributed by atoms with van der Waals surface area (Å²) in [6.45, 7) is 7.08. The minimum atomic E-state index is 0.620. The number of nitrogens with one attached hydrogen (secondary N) is 1. The zero-order valence-electron chi connectivity index (χ0n) is 12.4. The number of likely N-dealkylation sites (tertiary alicyclic amines) is 1. The molecule has 0 bridgehead atoms. The van der Waals surface area contributed by atoms with Crippen molar-refractivity contribution in [1.29, 1.82) is 0 Å². The van der Waals surface area contributed by atoms with Gasteiger partial charge in [0.2, 0.25) is 0 Å². The van der Waals surface area contributed by atoms with E-state index in [-0.39, 0.29) is 0 Å². The molecule has 1 aromatic heterocycles. The van der Waals surface area contributed by atoms with Crippen LogP contribution in [0.15, 0.2) is 29.6 Å². The van der Waals surface area contributed by atoms with E-state index in [1.165, 1.54) is 48.1 Å². The fraction of sp³-hybridized carbons (Fsp3) is 0.529. The predicted molar refractivity (Wildman–Crippen MR) is 89.8 cm³/mol. The van der Waals surface area contributed by atoms with Crippen molar-refractivity contribution in [3.8, 4) is 0 Å². The molecule has 1 saturated heterocycles. The summed E-state index contributed by atoms with van der Waals surface area (Å²) in [6.07, 6.45) is 3.83. The third kappa shape index (κ3) is 3.15. The van der Waals surface area contributed by atoms with Gasteiger partial charge in [-0.15, -0.1) is 11.3 Å². The molecule has 0 spiro atoms. The molecule has 108 valence electrons. The Morgan fingerprint density at radius 1 is 1.20 bits per heavy atom. The average molecular weight is 288 g/mol. The number of rotatable bonds is 3. The van der Waals surface area contributed by atoms with Crippen LogP contribution in [-0.2, 0) is 0 Å². The lowest BCUT2D eigenvalue weighted by molar-refractivity contribution is 0.230. The van der Waals surface area contributed by atoms with Gasteiger partial charge in [0.05, 0.1) is 0 Å². The van der Waals surface area contributed by atoms with Crippen LogP contribution in [0.5, 0.6) is 0 Å². The highest BCUT2D eigenvalue weighted by Gasteiger charge is 2.18. The maximum absolute atomic E-state index is 3.74. The highest BCUT2D eigenvalue weighted by Crippen LogP contribution is 2.25. The van der Waals surface area contributed by atoms with Gasteiger partial charge >= 0.3 is 0 Å². The van der Waals surface area contributed by atoms with Crippen molar-refractivity contribution in [3.05, 3.63) is 29.6 Å². The van der Waals surface area contributed by atoms with Gasteiger partial charge in [0.15, 0.2) is 0 Å². The summed E-state index contributed by atoms with van der Waals surface area (Å²) >= 11 is 1.81. The number of nitrogens with zero attached hydrogens (tertiary/aromatic N) is 1. The number of thiophene rings is 1. The molecular formula is C17H24N2S. The third-order valence-corrected chi connectivity index (χ3v) is 5.21. The summed E-state index contributed by atoms with van der Waals surface area (Å²) < 4.78 is 1.38. The molecule has 2 aromatic rings. The number of hydrogen-bond donors (Lipinski definition) is 1. The maximum Gasteiger partial charge on any atom is 0.0349 e. The van der Waals surface area contributed by atoms with E-state index in [1.54, 1.807) is 0 Å². The monoisotopic (exact) mass is 288 g/mol. The molecule has 3 heteroatoms. The van der Waals surface area contributed by atoms with Crippen LogP contribution in [0.3, 0.4) is 0 Å². The zero-order chi connectivity index (χ0) is 13.9. The fourth-order valence-electron chi connectivity index (χ4n) is 3.07. The van der Waals surface area contributed by atoms with Gasteiger partial charge in [-0.2, -0.15) is 0 Å².